The third-order valence-corrected chi connectivity index (χ3v) is 3.03. The first-order valence-corrected chi connectivity index (χ1v) is 6.84. The molecule has 0 aromatic carbocycles. The molecule has 1 aromatic heterocycles. The molecule has 6 nitrogen and oxygen atoms in total. The highest BCUT2D eigenvalue weighted by atomic mass is 15.3. The Morgan fingerprint density at radius 3 is 2.58 bits per heavy atom. The second-order valence-corrected chi connectivity index (χ2v) is 5.22. The van der Waals surface area contributed by atoms with Crippen molar-refractivity contribution < 1.29 is 0 Å². The van der Waals surface area contributed by atoms with E-state index < -0.39 is 0 Å². The van der Waals surface area contributed by atoms with Crippen LogP contribution in [0.25, 0.3) is 0 Å². The summed E-state index contributed by atoms with van der Waals surface area (Å²) in [5.41, 5.74) is 0. The summed E-state index contributed by atoms with van der Waals surface area (Å²) in [5, 5.41) is 12.2. The molecule has 0 aliphatic carbocycles. The Kier molecular flexibility index (Phi) is 4.50. The number of nitrogens with one attached hydrogen (secondary N) is 1. The summed E-state index contributed by atoms with van der Waals surface area (Å²) < 4.78 is 0. The second-order valence-electron chi connectivity index (χ2n) is 5.22. The predicted molar refractivity (Wildman–Crippen MR) is 73.9 cm³/mol. The maximum Gasteiger partial charge on any atom is 0.238 e. The summed E-state index contributed by atoms with van der Waals surface area (Å²) in [6, 6.07) is 2.01. The molecule has 0 radical (unpaired) electrons. The normalized spacial score (nSPS) is 15.4. The van der Waals surface area contributed by atoms with E-state index in [4.69, 9.17) is 5.26 Å². The average Bonchev–Trinajstić information content (AvgIpc) is 2.45. The maximum absolute atomic E-state index is 9.01. The molecule has 0 spiro atoms. The van der Waals surface area contributed by atoms with Gasteiger partial charge in [0.05, 0.1) is 0 Å². The van der Waals surface area contributed by atoms with Gasteiger partial charge in [-0.05, 0) is 25.2 Å². The molecule has 0 amide bonds. The highest BCUT2D eigenvalue weighted by molar-refractivity contribution is 5.39. The number of nitrogens with zero attached hydrogens (tertiary/aromatic N) is 5. The van der Waals surface area contributed by atoms with Gasteiger partial charge in [0.15, 0.2) is 0 Å². The van der Waals surface area contributed by atoms with Crippen molar-refractivity contribution in [2.45, 2.75) is 33.1 Å². The van der Waals surface area contributed by atoms with Crippen LogP contribution in [0.1, 0.15) is 38.9 Å². The minimum Gasteiger partial charge on any atom is -0.354 e. The Labute approximate surface area is 113 Å². The molecule has 0 atom stereocenters. The summed E-state index contributed by atoms with van der Waals surface area (Å²) in [6.07, 6.45) is 3.57. The molecule has 19 heavy (non-hydrogen) atoms. The van der Waals surface area contributed by atoms with Gasteiger partial charge in [0.1, 0.15) is 6.07 Å². The van der Waals surface area contributed by atoms with Crippen LogP contribution in [0.2, 0.25) is 0 Å². The molecule has 2 heterocycles. The second kappa shape index (κ2) is 6.32. The first kappa shape index (κ1) is 13.5. The van der Waals surface area contributed by atoms with E-state index in [0.29, 0.717) is 17.8 Å². The molecular formula is C13H20N6. The van der Waals surface area contributed by atoms with E-state index in [-0.39, 0.29) is 5.82 Å². The van der Waals surface area contributed by atoms with Crippen molar-refractivity contribution in [1.82, 2.24) is 15.0 Å². The fraction of sp³-hybridized carbons (Fsp3) is 0.692. The highest BCUT2D eigenvalue weighted by Crippen LogP contribution is 2.16. The summed E-state index contributed by atoms with van der Waals surface area (Å²) >= 11 is 0. The minimum atomic E-state index is 0.182. The average molecular weight is 260 g/mol. The molecule has 102 valence electrons. The third kappa shape index (κ3) is 3.78. The molecule has 0 bridgehead atoms. The van der Waals surface area contributed by atoms with E-state index in [9.17, 15) is 0 Å². The van der Waals surface area contributed by atoms with Gasteiger partial charge >= 0.3 is 0 Å². The lowest BCUT2D eigenvalue weighted by Gasteiger charge is -2.26. The van der Waals surface area contributed by atoms with Gasteiger partial charge in [0.25, 0.3) is 0 Å². The first-order chi connectivity index (χ1) is 9.19. The van der Waals surface area contributed by atoms with Crippen LogP contribution < -0.4 is 10.2 Å². The van der Waals surface area contributed by atoms with E-state index in [1.807, 2.05) is 6.07 Å². The van der Waals surface area contributed by atoms with Gasteiger partial charge < -0.3 is 10.2 Å². The van der Waals surface area contributed by atoms with Crippen molar-refractivity contribution >= 4 is 11.9 Å². The van der Waals surface area contributed by atoms with Gasteiger partial charge in [-0.1, -0.05) is 13.8 Å². The topological polar surface area (TPSA) is 77.7 Å². The molecule has 1 aromatic rings. The van der Waals surface area contributed by atoms with Crippen molar-refractivity contribution in [3.8, 4) is 6.07 Å². The Morgan fingerprint density at radius 2 is 1.95 bits per heavy atom. The van der Waals surface area contributed by atoms with E-state index >= 15 is 0 Å². The van der Waals surface area contributed by atoms with E-state index in [2.05, 4.69) is 39.0 Å². The summed E-state index contributed by atoms with van der Waals surface area (Å²) in [6.45, 7) is 6.93. The van der Waals surface area contributed by atoms with Crippen molar-refractivity contribution in [2.75, 3.05) is 29.9 Å². The largest absolute Gasteiger partial charge is 0.354 e. The van der Waals surface area contributed by atoms with E-state index in [1.54, 1.807) is 0 Å². The number of piperidine rings is 1. The van der Waals surface area contributed by atoms with Crippen LogP contribution in [0.3, 0.4) is 0 Å². The maximum atomic E-state index is 9.01. The van der Waals surface area contributed by atoms with Gasteiger partial charge in [0.2, 0.25) is 17.7 Å². The van der Waals surface area contributed by atoms with E-state index in [1.165, 1.54) is 6.42 Å². The predicted octanol–water partition coefficient (Wildman–Crippen LogP) is 1.80. The lowest BCUT2D eigenvalue weighted by Crippen LogP contribution is -2.31. The first-order valence-electron chi connectivity index (χ1n) is 6.84. The van der Waals surface area contributed by atoms with Crippen LogP contribution >= 0.6 is 0 Å². The number of hydrogen-bond donors (Lipinski definition) is 1. The fourth-order valence-electron chi connectivity index (χ4n) is 2.02. The Morgan fingerprint density at radius 1 is 1.21 bits per heavy atom. The molecule has 6 heteroatoms. The zero-order chi connectivity index (χ0) is 13.7. The zero-order valence-corrected chi connectivity index (χ0v) is 11.6. The van der Waals surface area contributed by atoms with Crippen LogP contribution in [0.4, 0.5) is 11.9 Å². The minimum absolute atomic E-state index is 0.182. The number of anilines is 2. The number of rotatable bonds is 4. The van der Waals surface area contributed by atoms with Gasteiger partial charge in [0, 0.05) is 19.6 Å². The Hall–Kier alpha value is -1.90. The van der Waals surface area contributed by atoms with Crippen molar-refractivity contribution in [2.24, 2.45) is 5.92 Å². The summed E-state index contributed by atoms with van der Waals surface area (Å²) in [7, 11) is 0. The number of aromatic nitrogens is 3. The van der Waals surface area contributed by atoms with Crippen LogP contribution in [0.5, 0.6) is 0 Å². The summed E-state index contributed by atoms with van der Waals surface area (Å²) in [4.78, 5) is 14.9. The lowest BCUT2D eigenvalue weighted by atomic mass is 10.1. The Balaban J connectivity index is 2.17. The van der Waals surface area contributed by atoms with Crippen LogP contribution in [0, 0.1) is 17.2 Å². The molecule has 2 rings (SSSR count). The molecule has 1 aliphatic heterocycles. The standard InChI is InChI=1S/C13H20N6/c1-10(2)9-15-12-16-11(8-14)17-13(18-12)19-6-4-3-5-7-19/h10H,3-7,9H2,1-2H3,(H,15,16,17,18). The van der Waals surface area contributed by atoms with Crippen molar-refractivity contribution in [3.05, 3.63) is 5.82 Å². The zero-order valence-electron chi connectivity index (χ0n) is 11.6. The third-order valence-electron chi connectivity index (χ3n) is 3.03. The SMILES string of the molecule is CC(C)CNc1nc(C#N)nc(N2CCCCC2)n1. The van der Waals surface area contributed by atoms with Gasteiger partial charge in [-0.25, -0.2) is 0 Å². The molecule has 0 saturated carbocycles. The van der Waals surface area contributed by atoms with Crippen molar-refractivity contribution in [1.29, 1.82) is 5.26 Å². The molecule has 0 unspecified atom stereocenters. The van der Waals surface area contributed by atoms with Crippen LogP contribution in [0.15, 0.2) is 0 Å². The summed E-state index contributed by atoms with van der Waals surface area (Å²) in [5.74, 6) is 1.81. The van der Waals surface area contributed by atoms with Crippen LogP contribution in [-0.2, 0) is 0 Å². The quantitative estimate of drug-likeness (QED) is 0.889. The monoisotopic (exact) mass is 260 g/mol. The molecule has 1 fully saturated rings. The molecule has 1 N–H and O–H groups in total. The number of hydrogen-bond acceptors (Lipinski definition) is 6. The van der Waals surface area contributed by atoms with Gasteiger partial charge in [-0.15, -0.1) is 0 Å². The highest BCUT2D eigenvalue weighted by Gasteiger charge is 2.16. The van der Waals surface area contributed by atoms with Gasteiger partial charge in [-0.3, -0.25) is 0 Å². The van der Waals surface area contributed by atoms with Gasteiger partial charge in [-0.2, -0.15) is 20.2 Å². The van der Waals surface area contributed by atoms with Crippen LogP contribution in [-0.4, -0.2) is 34.6 Å². The lowest BCUT2D eigenvalue weighted by molar-refractivity contribution is 0.567. The van der Waals surface area contributed by atoms with E-state index in [0.717, 1.165) is 32.5 Å². The molecule has 1 saturated heterocycles. The van der Waals surface area contributed by atoms with Crippen molar-refractivity contribution in [3.63, 3.8) is 0 Å². The molecule has 1 aliphatic rings. The fourth-order valence-corrected chi connectivity index (χ4v) is 2.02. The Bertz CT molecular complexity index is 459. The smallest absolute Gasteiger partial charge is 0.238 e. The number of nitriles is 1. The molecular weight excluding hydrogens is 240 g/mol.